The van der Waals surface area contributed by atoms with E-state index in [1.54, 1.807) is 0 Å². The van der Waals surface area contributed by atoms with E-state index >= 15 is 0 Å². The zero-order chi connectivity index (χ0) is 7.78. The van der Waals surface area contributed by atoms with Crippen LogP contribution in [0.5, 0.6) is 0 Å². The minimum atomic E-state index is -1.70. The Morgan fingerprint density at radius 3 is 2.60 bits per heavy atom. The van der Waals surface area contributed by atoms with Crippen molar-refractivity contribution in [2.45, 2.75) is 11.2 Å². The second kappa shape index (κ2) is 2.55. The molecule has 1 rings (SSSR count). The number of hydrogen-bond acceptors (Lipinski definition) is 2. The van der Waals surface area contributed by atoms with Crippen molar-refractivity contribution in [3.8, 4) is 0 Å². The van der Waals surface area contributed by atoms with E-state index in [-0.39, 0.29) is 0 Å². The van der Waals surface area contributed by atoms with Crippen molar-refractivity contribution in [1.29, 1.82) is 0 Å². The topological polar surface area (TPSA) is 40.5 Å². The number of alkyl halides is 1. The summed E-state index contributed by atoms with van der Waals surface area (Å²) in [5.74, 6) is 0. The van der Waals surface area contributed by atoms with Gasteiger partial charge in [-0.25, -0.2) is 0 Å². The van der Waals surface area contributed by atoms with Crippen LogP contribution in [0.25, 0.3) is 0 Å². The SMILES string of the molecule is OC1C=C(Cl)C=CC1(O)Cl. The molecule has 10 heavy (non-hydrogen) atoms. The van der Waals surface area contributed by atoms with Gasteiger partial charge in [0.2, 0.25) is 0 Å². The van der Waals surface area contributed by atoms with Gasteiger partial charge in [0, 0.05) is 5.03 Å². The summed E-state index contributed by atoms with van der Waals surface area (Å²) >= 11 is 10.9. The molecule has 0 heterocycles. The first kappa shape index (κ1) is 8.08. The highest BCUT2D eigenvalue weighted by Crippen LogP contribution is 2.26. The lowest BCUT2D eigenvalue weighted by atomic mass is 10.1. The maximum atomic E-state index is 9.09. The Bertz CT molecular complexity index is 196. The van der Waals surface area contributed by atoms with E-state index in [0.717, 1.165) is 0 Å². The molecule has 1 aliphatic carbocycles. The first-order valence-electron chi connectivity index (χ1n) is 2.68. The Hall–Kier alpha value is -0.0200. The Morgan fingerprint density at radius 1 is 1.60 bits per heavy atom. The van der Waals surface area contributed by atoms with Crippen molar-refractivity contribution in [2.24, 2.45) is 0 Å². The van der Waals surface area contributed by atoms with Gasteiger partial charge in [-0.15, -0.1) is 0 Å². The molecule has 0 fully saturated rings. The molecule has 0 aromatic rings. The summed E-state index contributed by atoms with van der Waals surface area (Å²) in [7, 11) is 0. The van der Waals surface area contributed by atoms with Crippen LogP contribution in [-0.2, 0) is 0 Å². The van der Waals surface area contributed by atoms with Gasteiger partial charge >= 0.3 is 0 Å². The fourth-order valence-electron chi connectivity index (χ4n) is 0.618. The lowest BCUT2D eigenvalue weighted by Gasteiger charge is -2.23. The largest absolute Gasteiger partial charge is 0.384 e. The van der Waals surface area contributed by atoms with Gasteiger partial charge in [-0.2, -0.15) is 0 Å². The van der Waals surface area contributed by atoms with E-state index in [1.807, 2.05) is 0 Å². The zero-order valence-electron chi connectivity index (χ0n) is 4.96. The predicted molar refractivity (Wildman–Crippen MR) is 39.9 cm³/mol. The number of aliphatic hydroxyl groups is 2. The standard InChI is InChI=1S/C6H6Cl2O2/c7-4-1-2-6(8,10)5(9)3-4/h1-3,5,9-10H. The molecule has 0 amide bonds. The van der Waals surface area contributed by atoms with E-state index in [4.69, 9.17) is 33.4 Å². The second-order valence-electron chi connectivity index (χ2n) is 2.06. The molecule has 0 radical (unpaired) electrons. The molecule has 56 valence electrons. The normalized spacial score (nSPS) is 39.6. The molecule has 0 aromatic carbocycles. The molecule has 0 aromatic heterocycles. The van der Waals surface area contributed by atoms with E-state index < -0.39 is 11.2 Å². The summed E-state index contributed by atoms with van der Waals surface area (Å²) in [6.07, 6.45) is 2.81. The number of hydrogen-bond donors (Lipinski definition) is 2. The molecule has 0 saturated heterocycles. The molecular formula is C6H6Cl2O2. The molecule has 0 saturated carbocycles. The van der Waals surface area contributed by atoms with Crippen LogP contribution in [-0.4, -0.2) is 21.4 Å². The average molecular weight is 181 g/mol. The Morgan fingerprint density at radius 2 is 2.20 bits per heavy atom. The lowest BCUT2D eigenvalue weighted by Crippen LogP contribution is -2.34. The monoisotopic (exact) mass is 180 g/mol. The molecule has 0 bridgehead atoms. The molecule has 2 unspecified atom stereocenters. The number of allylic oxidation sites excluding steroid dienone is 2. The fourth-order valence-corrected chi connectivity index (χ4v) is 0.927. The van der Waals surface area contributed by atoms with Gasteiger partial charge in [0.1, 0.15) is 6.10 Å². The van der Waals surface area contributed by atoms with Crippen LogP contribution in [0.1, 0.15) is 0 Å². The molecule has 2 N–H and O–H groups in total. The summed E-state index contributed by atoms with van der Waals surface area (Å²) < 4.78 is 0. The van der Waals surface area contributed by atoms with Crippen LogP contribution in [0.3, 0.4) is 0 Å². The van der Waals surface area contributed by atoms with E-state index in [9.17, 15) is 0 Å². The summed E-state index contributed by atoms with van der Waals surface area (Å²) in [5, 5.41) is 16.8. The maximum Gasteiger partial charge on any atom is 0.187 e. The van der Waals surface area contributed by atoms with E-state index in [0.29, 0.717) is 5.03 Å². The highest BCUT2D eigenvalue weighted by Gasteiger charge is 2.30. The molecule has 4 heteroatoms. The quantitative estimate of drug-likeness (QED) is 0.546. The van der Waals surface area contributed by atoms with Crippen LogP contribution in [0, 0.1) is 0 Å². The number of rotatable bonds is 0. The third-order valence-electron chi connectivity index (χ3n) is 1.21. The summed E-state index contributed by atoms with van der Waals surface area (Å²) in [6, 6.07) is 0. The minimum absolute atomic E-state index is 0.373. The Balaban J connectivity index is 2.84. The number of halogens is 2. The highest BCUT2D eigenvalue weighted by molar-refractivity contribution is 6.32. The van der Waals surface area contributed by atoms with Crippen LogP contribution in [0.2, 0.25) is 0 Å². The highest BCUT2D eigenvalue weighted by atomic mass is 35.5. The third-order valence-corrected chi connectivity index (χ3v) is 1.81. The van der Waals surface area contributed by atoms with Gasteiger partial charge in [-0.05, 0) is 18.2 Å². The second-order valence-corrected chi connectivity index (χ2v) is 3.10. The molecule has 2 nitrogen and oxygen atoms in total. The van der Waals surface area contributed by atoms with Crippen molar-refractivity contribution in [3.63, 3.8) is 0 Å². The van der Waals surface area contributed by atoms with Crippen molar-refractivity contribution >= 4 is 23.2 Å². The summed E-state index contributed by atoms with van der Waals surface area (Å²) in [4.78, 5) is 0. The van der Waals surface area contributed by atoms with Gasteiger partial charge in [0.25, 0.3) is 0 Å². The average Bonchev–Trinajstić information content (AvgIpc) is 1.81. The Kier molecular flexibility index (Phi) is 2.06. The van der Waals surface area contributed by atoms with Gasteiger partial charge in [0.05, 0.1) is 0 Å². The Labute approximate surface area is 68.4 Å². The first-order chi connectivity index (χ1) is 4.52. The minimum Gasteiger partial charge on any atom is -0.384 e. The van der Waals surface area contributed by atoms with E-state index in [1.165, 1.54) is 18.2 Å². The van der Waals surface area contributed by atoms with Crippen LogP contribution in [0.4, 0.5) is 0 Å². The van der Waals surface area contributed by atoms with Crippen molar-refractivity contribution in [1.82, 2.24) is 0 Å². The molecule has 2 atom stereocenters. The molecule has 0 aliphatic heterocycles. The summed E-state index contributed by atoms with van der Waals surface area (Å²) in [5.41, 5.74) is 0. The molecular weight excluding hydrogens is 175 g/mol. The van der Waals surface area contributed by atoms with Crippen molar-refractivity contribution in [2.75, 3.05) is 0 Å². The van der Waals surface area contributed by atoms with Crippen molar-refractivity contribution < 1.29 is 10.2 Å². The third kappa shape index (κ3) is 1.52. The van der Waals surface area contributed by atoms with Crippen molar-refractivity contribution in [3.05, 3.63) is 23.3 Å². The molecule has 0 spiro atoms. The number of aliphatic hydroxyl groups excluding tert-OH is 1. The van der Waals surface area contributed by atoms with Gasteiger partial charge in [-0.1, -0.05) is 23.2 Å². The fraction of sp³-hybridized carbons (Fsp3) is 0.333. The van der Waals surface area contributed by atoms with E-state index in [2.05, 4.69) is 0 Å². The molecule has 1 aliphatic rings. The predicted octanol–water partition coefficient (Wildman–Crippen LogP) is 0.967. The van der Waals surface area contributed by atoms with Crippen LogP contribution >= 0.6 is 23.2 Å². The lowest BCUT2D eigenvalue weighted by molar-refractivity contribution is 0.0475. The maximum absolute atomic E-state index is 9.09. The van der Waals surface area contributed by atoms with Gasteiger partial charge in [0.15, 0.2) is 5.06 Å². The summed E-state index contributed by atoms with van der Waals surface area (Å²) in [6.45, 7) is 0. The van der Waals surface area contributed by atoms with Gasteiger partial charge < -0.3 is 10.2 Å². The van der Waals surface area contributed by atoms with Crippen LogP contribution < -0.4 is 0 Å². The first-order valence-corrected chi connectivity index (χ1v) is 3.44. The smallest absolute Gasteiger partial charge is 0.187 e. The van der Waals surface area contributed by atoms with Crippen LogP contribution in [0.15, 0.2) is 23.3 Å². The zero-order valence-corrected chi connectivity index (χ0v) is 6.47. The van der Waals surface area contributed by atoms with Gasteiger partial charge in [-0.3, -0.25) is 0 Å².